The number of halogens is 1. The smallest absolute Gasteiger partial charge is 0.243 e. The number of benzene rings is 1. The highest BCUT2D eigenvalue weighted by Crippen LogP contribution is 2.20. The summed E-state index contributed by atoms with van der Waals surface area (Å²) in [5, 5.41) is 23.8. The number of nitrogens with one attached hydrogen (secondary N) is 2. The third kappa shape index (κ3) is 4.21. The standard InChI is InChI=1S/C17H18ClN5O/c1-3-13-14(9-19)17(23-22-15(13)4-2)20-10-16(24)21-12-7-5-11(18)6-8-12/h5-8H,3-4,10H2,1-2H3,(H,20,23)(H,21,24). The number of hydrogen-bond donors (Lipinski definition) is 2. The number of carbonyl (C=O) groups is 1. The molecule has 0 saturated carbocycles. The van der Waals surface area contributed by atoms with Gasteiger partial charge in [0.25, 0.3) is 0 Å². The van der Waals surface area contributed by atoms with Crippen molar-refractivity contribution in [2.75, 3.05) is 17.2 Å². The van der Waals surface area contributed by atoms with Crippen molar-refractivity contribution in [1.29, 1.82) is 5.26 Å². The van der Waals surface area contributed by atoms with Crippen molar-refractivity contribution in [1.82, 2.24) is 10.2 Å². The van der Waals surface area contributed by atoms with Gasteiger partial charge in [0.2, 0.25) is 5.91 Å². The molecule has 0 aliphatic carbocycles. The largest absolute Gasteiger partial charge is 0.358 e. The topological polar surface area (TPSA) is 90.7 Å². The number of amides is 1. The Balaban J connectivity index is 2.07. The van der Waals surface area contributed by atoms with E-state index in [-0.39, 0.29) is 12.5 Å². The molecule has 2 rings (SSSR count). The van der Waals surface area contributed by atoms with Crippen LogP contribution in [-0.2, 0) is 17.6 Å². The van der Waals surface area contributed by atoms with Crippen molar-refractivity contribution in [2.45, 2.75) is 26.7 Å². The molecule has 7 heteroatoms. The zero-order chi connectivity index (χ0) is 17.5. The Bertz CT molecular complexity index is 768. The van der Waals surface area contributed by atoms with Crippen LogP contribution in [0.25, 0.3) is 0 Å². The van der Waals surface area contributed by atoms with E-state index in [0.717, 1.165) is 11.3 Å². The molecule has 0 aliphatic heterocycles. The van der Waals surface area contributed by atoms with E-state index in [1.54, 1.807) is 24.3 Å². The fourth-order valence-corrected chi connectivity index (χ4v) is 2.45. The van der Waals surface area contributed by atoms with Gasteiger partial charge in [0.15, 0.2) is 5.82 Å². The highest BCUT2D eigenvalue weighted by Gasteiger charge is 2.14. The maximum atomic E-state index is 12.0. The molecule has 0 saturated heterocycles. The molecule has 0 fully saturated rings. The fraction of sp³-hybridized carbons (Fsp3) is 0.294. The molecule has 0 bridgehead atoms. The molecule has 124 valence electrons. The number of carbonyl (C=O) groups excluding carboxylic acids is 1. The first-order valence-corrected chi connectivity index (χ1v) is 8.04. The van der Waals surface area contributed by atoms with Crippen LogP contribution in [0.1, 0.15) is 30.7 Å². The molecule has 1 aromatic heterocycles. The Morgan fingerprint density at radius 2 is 1.92 bits per heavy atom. The number of aromatic nitrogens is 2. The second-order valence-electron chi connectivity index (χ2n) is 5.08. The summed E-state index contributed by atoms with van der Waals surface area (Å²) < 4.78 is 0. The summed E-state index contributed by atoms with van der Waals surface area (Å²) >= 11 is 5.81. The van der Waals surface area contributed by atoms with E-state index in [9.17, 15) is 10.1 Å². The van der Waals surface area contributed by atoms with Crippen LogP contribution in [0.5, 0.6) is 0 Å². The average Bonchev–Trinajstić information content (AvgIpc) is 2.60. The van der Waals surface area contributed by atoms with Crippen LogP contribution >= 0.6 is 11.6 Å². The molecule has 2 N–H and O–H groups in total. The van der Waals surface area contributed by atoms with Gasteiger partial charge in [-0.05, 0) is 42.7 Å². The molecule has 0 atom stereocenters. The van der Waals surface area contributed by atoms with Crippen molar-refractivity contribution in [3.05, 3.63) is 46.1 Å². The lowest BCUT2D eigenvalue weighted by atomic mass is 10.0. The highest BCUT2D eigenvalue weighted by atomic mass is 35.5. The van der Waals surface area contributed by atoms with Gasteiger partial charge in [-0.3, -0.25) is 4.79 Å². The summed E-state index contributed by atoms with van der Waals surface area (Å²) in [6, 6.07) is 8.98. The molecule has 2 aromatic rings. The molecule has 0 unspecified atom stereocenters. The van der Waals surface area contributed by atoms with E-state index in [2.05, 4.69) is 26.9 Å². The second kappa shape index (κ2) is 8.27. The lowest BCUT2D eigenvalue weighted by Gasteiger charge is -2.12. The Morgan fingerprint density at radius 3 is 2.50 bits per heavy atom. The predicted octanol–water partition coefficient (Wildman–Crippen LogP) is 3.18. The zero-order valence-electron chi connectivity index (χ0n) is 13.6. The number of nitriles is 1. The van der Waals surface area contributed by atoms with Gasteiger partial charge in [-0.2, -0.15) is 10.4 Å². The van der Waals surface area contributed by atoms with Crippen molar-refractivity contribution in [3.8, 4) is 6.07 Å². The maximum absolute atomic E-state index is 12.0. The van der Waals surface area contributed by atoms with Crippen LogP contribution in [0.3, 0.4) is 0 Å². The summed E-state index contributed by atoms with van der Waals surface area (Å²) in [4.78, 5) is 12.0. The number of aryl methyl sites for hydroxylation is 1. The van der Waals surface area contributed by atoms with Gasteiger partial charge in [-0.1, -0.05) is 25.4 Å². The minimum Gasteiger partial charge on any atom is -0.358 e. The summed E-state index contributed by atoms with van der Waals surface area (Å²) in [6.45, 7) is 3.92. The third-order valence-electron chi connectivity index (χ3n) is 3.50. The van der Waals surface area contributed by atoms with Crippen LogP contribution in [0.4, 0.5) is 11.5 Å². The van der Waals surface area contributed by atoms with Crippen molar-refractivity contribution in [3.63, 3.8) is 0 Å². The van der Waals surface area contributed by atoms with Crippen LogP contribution in [0.2, 0.25) is 5.02 Å². The molecule has 1 amide bonds. The Kier molecular flexibility index (Phi) is 6.10. The van der Waals surface area contributed by atoms with Crippen molar-refractivity contribution >= 4 is 29.0 Å². The Labute approximate surface area is 145 Å². The number of hydrogen-bond acceptors (Lipinski definition) is 5. The van der Waals surface area contributed by atoms with Crippen LogP contribution < -0.4 is 10.6 Å². The van der Waals surface area contributed by atoms with Gasteiger partial charge >= 0.3 is 0 Å². The molecule has 1 heterocycles. The fourth-order valence-electron chi connectivity index (χ4n) is 2.32. The molecule has 0 radical (unpaired) electrons. The number of rotatable bonds is 6. The zero-order valence-corrected chi connectivity index (χ0v) is 14.3. The van der Waals surface area contributed by atoms with Gasteiger partial charge in [0, 0.05) is 10.7 Å². The normalized spacial score (nSPS) is 10.1. The second-order valence-corrected chi connectivity index (χ2v) is 5.51. The first kappa shape index (κ1) is 17.7. The van der Waals surface area contributed by atoms with Crippen LogP contribution in [-0.4, -0.2) is 22.6 Å². The van der Waals surface area contributed by atoms with E-state index in [0.29, 0.717) is 34.9 Å². The molecule has 0 spiro atoms. The Morgan fingerprint density at radius 1 is 1.21 bits per heavy atom. The molecule has 6 nitrogen and oxygen atoms in total. The summed E-state index contributed by atoms with van der Waals surface area (Å²) in [6.07, 6.45) is 1.40. The minimum atomic E-state index is -0.249. The molecule has 24 heavy (non-hydrogen) atoms. The number of nitrogens with zero attached hydrogens (tertiary/aromatic N) is 3. The van der Waals surface area contributed by atoms with E-state index in [1.807, 2.05) is 13.8 Å². The quantitative estimate of drug-likeness (QED) is 0.840. The van der Waals surface area contributed by atoms with Gasteiger partial charge in [-0.25, -0.2) is 0 Å². The van der Waals surface area contributed by atoms with Gasteiger partial charge in [-0.15, -0.1) is 5.10 Å². The Hall–Kier alpha value is -2.65. The predicted molar refractivity (Wildman–Crippen MR) is 94.1 cm³/mol. The van der Waals surface area contributed by atoms with Gasteiger partial charge in [0.05, 0.1) is 12.2 Å². The average molecular weight is 344 g/mol. The van der Waals surface area contributed by atoms with E-state index >= 15 is 0 Å². The van der Waals surface area contributed by atoms with Crippen LogP contribution in [0.15, 0.2) is 24.3 Å². The summed E-state index contributed by atoms with van der Waals surface area (Å²) in [5.74, 6) is 0.0819. The van der Waals surface area contributed by atoms with Crippen molar-refractivity contribution in [2.24, 2.45) is 0 Å². The van der Waals surface area contributed by atoms with Gasteiger partial charge < -0.3 is 10.6 Å². The first-order valence-electron chi connectivity index (χ1n) is 7.66. The summed E-state index contributed by atoms with van der Waals surface area (Å²) in [5.41, 5.74) is 2.78. The molecule has 0 aliphatic rings. The lowest BCUT2D eigenvalue weighted by molar-refractivity contribution is -0.114. The maximum Gasteiger partial charge on any atom is 0.243 e. The molecular formula is C17H18ClN5O. The lowest BCUT2D eigenvalue weighted by Crippen LogP contribution is -2.23. The van der Waals surface area contributed by atoms with Gasteiger partial charge in [0.1, 0.15) is 11.6 Å². The van der Waals surface area contributed by atoms with E-state index in [4.69, 9.17) is 11.6 Å². The van der Waals surface area contributed by atoms with E-state index < -0.39 is 0 Å². The monoisotopic (exact) mass is 343 g/mol. The highest BCUT2D eigenvalue weighted by molar-refractivity contribution is 6.30. The summed E-state index contributed by atoms with van der Waals surface area (Å²) in [7, 11) is 0. The molecular weight excluding hydrogens is 326 g/mol. The van der Waals surface area contributed by atoms with Crippen molar-refractivity contribution < 1.29 is 4.79 Å². The number of anilines is 2. The first-order chi connectivity index (χ1) is 11.6. The third-order valence-corrected chi connectivity index (χ3v) is 3.75. The molecule has 1 aromatic carbocycles. The van der Waals surface area contributed by atoms with E-state index in [1.165, 1.54) is 0 Å². The van der Waals surface area contributed by atoms with Crippen LogP contribution in [0, 0.1) is 11.3 Å². The minimum absolute atomic E-state index is 0.0133. The SMILES string of the molecule is CCc1nnc(NCC(=O)Nc2ccc(Cl)cc2)c(C#N)c1CC.